The number of nitrogens with two attached hydrogens (primary N) is 1. The summed E-state index contributed by atoms with van der Waals surface area (Å²) in [6, 6.07) is 0. The maximum Gasteiger partial charge on any atom is 0.472 e. The fourth-order valence-electron chi connectivity index (χ4n) is 0.660. The minimum absolute atomic E-state index is 0.0222. The Hall–Kier alpha value is -0.460. The molecule has 0 spiro atoms. The van der Waals surface area contributed by atoms with Gasteiger partial charge in [-0.1, -0.05) is 0 Å². The molecule has 3 N–H and O–H groups in total. The fourth-order valence-corrected chi connectivity index (χ4v) is 1.43. The van der Waals surface area contributed by atoms with Gasteiger partial charge in [-0.3, -0.25) is 13.8 Å². The van der Waals surface area contributed by atoms with Gasteiger partial charge in [-0.15, -0.1) is 0 Å². The van der Waals surface area contributed by atoms with Crippen LogP contribution in [-0.4, -0.2) is 37.2 Å². The third-order valence-electron chi connectivity index (χ3n) is 1.22. The molecule has 15 heavy (non-hydrogen) atoms. The summed E-state index contributed by atoms with van der Waals surface area (Å²) >= 11 is 0. The van der Waals surface area contributed by atoms with Crippen LogP contribution < -0.4 is 5.73 Å². The Morgan fingerprint density at radius 1 is 1.33 bits per heavy atom. The van der Waals surface area contributed by atoms with Crippen molar-refractivity contribution in [3.8, 4) is 0 Å². The summed E-state index contributed by atoms with van der Waals surface area (Å²) in [6.45, 7) is 1.50. The molecule has 7 nitrogen and oxygen atoms in total. The van der Waals surface area contributed by atoms with Crippen molar-refractivity contribution in [3.63, 3.8) is 0 Å². The molecule has 0 aromatic carbocycles. The monoisotopic (exact) mass is 241 g/mol. The second-order valence-corrected chi connectivity index (χ2v) is 4.07. The van der Waals surface area contributed by atoms with Gasteiger partial charge in [-0.05, 0) is 0 Å². The quantitative estimate of drug-likeness (QED) is 0.350. The van der Waals surface area contributed by atoms with Gasteiger partial charge < -0.3 is 15.4 Å². The van der Waals surface area contributed by atoms with Gasteiger partial charge >= 0.3 is 13.8 Å². The van der Waals surface area contributed by atoms with Crippen LogP contribution in [0.4, 0.5) is 0 Å². The van der Waals surface area contributed by atoms with Crippen LogP contribution in [0, 0.1) is 0 Å². The molecule has 0 fully saturated rings. The summed E-state index contributed by atoms with van der Waals surface area (Å²) < 4.78 is 24.6. The Morgan fingerprint density at radius 3 is 2.47 bits per heavy atom. The number of hydrogen-bond donors (Lipinski definition) is 2. The number of hydrogen-bond acceptors (Lipinski definition) is 6. The van der Waals surface area contributed by atoms with Crippen LogP contribution in [0.25, 0.3) is 0 Å². The normalized spacial score (nSPS) is 14.6. The van der Waals surface area contributed by atoms with E-state index in [4.69, 9.17) is 10.6 Å². The number of carbonyl (C=O) groups excluding carboxylic acids is 1. The van der Waals surface area contributed by atoms with Crippen molar-refractivity contribution in [2.24, 2.45) is 5.73 Å². The van der Waals surface area contributed by atoms with E-state index in [1.54, 1.807) is 0 Å². The maximum atomic E-state index is 11.0. The lowest BCUT2D eigenvalue weighted by atomic mass is 10.5. The van der Waals surface area contributed by atoms with Crippen LogP contribution in [0.15, 0.2) is 0 Å². The molecule has 0 aliphatic carbocycles. The Kier molecular flexibility index (Phi) is 7.54. The predicted octanol–water partition coefficient (Wildman–Crippen LogP) is 0.0319. The topological polar surface area (TPSA) is 108 Å². The standard InChI is InChI=1S/C7H16NO6P/c1-7(9)12-4-2-5-13-15(10,11)14-6-3-8/h2-6,8H2,1H3,(H,10,11). The zero-order chi connectivity index (χ0) is 11.7. The lowest BCUT2D eigenvalue weighted by Gasteiger charge is -2.11. The molecule has 1 atom stereocenters. The summed E-state index contributed by atoms with van der Waals surface area (Å²) in [4.78, 5) is 19.3. The van der Waals surface area contributed by atoms with Crippen molar-refractivity contribution >= 4 is 13.8 Å². The van der Waals surface area contributed by atoms with E-state index in [1.807, 2.05) is 0 Å². The van der Waals surface area contributed by atoms with Crippen molar-refractivity contribution in [3.05, 3.63) is 0 Å². The third-order valence-corrected chi connectivity index (χ3v) is 2.24. The van der Waals surface area contributed by atoms with E-state index >= 15 is 0 Å². The van der Waals surface area contributed by atoms with Crippen molar-refractivity contribution in [1.82, 2.24) is 0 Å². The molecule has 0 rings (SSSR count). The molecule has 0 aromatic heterocycles. The summed E-state index contributed by atoms with van der Waals surface area (Å²) in [5.74, 6) is -0.401. The van der Waals surface area contributed by atoms with Gasteiger partial charge in [0.2, 0.25) is 0 Å². The Balaban J connectivity index is 3.48. The molecule has 0 heterocycles. The van der Waals surface area contributed by atoms with Crippen LogP contribution in [-0.2, 0) is 23.1 Å². The Labute approximate surface area is 88.1 Å². The second-order valence-electron chi connectivity index (χ2n) is 2.62. The average molecular weight is 241 g/mol. The van der Waals surface area contributed by atoms with Gasteiger partial charge in [0.05, 0.1) is 19.8 Å². The van der Waals surface area contributed by atoms with Crippen molar-refractivity contribution < 1.29 is 28.0 Å². The lowest BCUT2D eigenvalue weighted by molar-refractivity contribution is -0.141. The summed E-state index contributed by atoms with van der Waals surface area (Å²) in [5, 5.41) is 0. The van der Waals surface area contributed by atoms with E-state index in [-0.39, 0.29) is 26.4 Å². The highest BCUT2D eigenvalue weighted by molar-refractivity contribution is 7.47. The Morgan fingerprint density at radius 2 is 1.93 bits per heavy atom. The zero-order valence-corrected chi connectivity index (χ0v) is 9.44. The van der Waals surface area contributed by atoms with E-state index in [0.717, 1.165) is 0 Å². The van der Waals surface area contributed by atoms with E-state index in [1.165, 1.54) is 6.92 Å². The third kappa shape index (κ3) is 9.84. The number of carbonyl (C=O) groups is 1. The lowest BCUT2D eigenvalue weighted by Crippen LogP contribution is -2.09. The SMILES string of the molecule is CC(=O)OCCCOP(=O)(O)OCCN. The van der Waals surface area contributed by atoms with E-state index in [2.05, 4.69) is 13.8 Å². The zero-order valence-electron chi connectivity index (χ0n) is 8.55. The van der Waals surface area contributed by atoms with Crippen molar-refractivity contribution in [2.45, 2.75) is 13.3 Å². The summed E-state index contributed by atoms with van der Waals surface area (Å²) in [7, 11) is -3.99. The highest BCUT2D eigenvalue weighted by Gasteiger charge is 2.19. The average Bonchev–Trinajstić information content (AvgIpc) is 2.14. The number of phosphoric ester groups is 1. The van der Waals surface area contributed by atoms with E-state index < -0.39 is 13.8 Å². The first-order valence-corrected chi connectivity index (χ1v) is 5.93. The largest absolute Gasteiger partial charge is 0.472 e. The van der Waals surface area contributed by atoms with Gasteiger partial charge in [0.15, 0.2) is 0 Å². The molecule has 8 heteroatoms. The van der Waals surface area contributed by atoms with Gasteiger partial charge in [0.1, 0.15) is 0 Å². The van der Waals surface area contributed by atoms with Gasteiger partial charge in [-0.25, -0.2) is 4.57 Å². The van der Waals surface area contributed by atoms with E-state index in [9.17, 15) is 9.36 Å². The van der Waals surface area contributed by atoms with Crippen LogP contribution >= 0.6 is 7.82 Å². The molecule has 90 valence electrons. The fraction of sp³-hybridized carbons (Fsp3) is 0.857. The molecule has 0 aliphatic rings. The van der Waals surface area contributed by atoms with Gasteiger partial charge in [-0.2, -0.15) is 0 Å². The van der Waals surface area contributed by atoms with Gasteiger partial charge in [0, 0.05) is 19.9 Å². The summed E-state index contributed by atoms with van der Waals surface area (Å²) in [5.41, 5.74) is 5.08. The first-order valence-electron chi connectivity index (χ1n) is 4.43. The van der Waals surface area contributed by atoms with Crippen LogP contribution in [0.3, 0.4) is 0 Å². The molecular formula is C7H16NO6P. The minimum atomic E-state index is -3.99. The number of ether oxygens (including phenoxy) is 1. The minimum Gasteiger partial charge on any atom is -0.466 e. The number of esters is 1. The molecule has 0 radical (unpaired) electrons. The molecular weight excluding hydrogens is 225 g/mol. The molecule has 0 saturated carbocycles. The summed E-state index contributed by atoms with van der Waals surface area (Å²) in [6.07, 6.45) is 0.329. The molecule has 0 bridgehead atoms. The maximum absolute atomic E-state index is 11.0. The van der Waals surface area contributed by atoms with Crippen molar-refractivity contribution in [1.29, 1.82) is 0 Å². The molecule has 0 aliphatic heterocycles. The molecule has 0 saturated heterocycles. The van der Waals surface area contributed by atoms with E-state index in [0.29, 0.717) is 6.42 Å². The van der Waals surface area contributed by atoms with Crippen LogP contribution in [0.1, 0.15) is 13.3 Å². The Bertz CT molecular complexity index is 234. The molecule has 0 amide bonds. The first-order chi connectivity index (χ1) is 6.98. The molecule has 0 aromatic rings. The predicted molar refractivity (Wildman–Crippen MR) is 52.0 cm³/mol. The van der Waals surface area contributed by atoms with Crippen LogP contribution in [0.2, 0.25) is 0 Å². The highest BCUT2D eigenvalue weighted by atomic mass is 31.2. The van der Waals surface area contributed by atoms with Crippen molar-refractivity contribution in [2.75, 3.05) is 26.4 Å². The van der Waals surface area contributed by atoms with Crippen LogP contribution in [0.5, 0.6) is 0 Å². The first kappa shape index (κ1) is 14.5. The molecule has 1 unspecified atom stereocenters. The van der Waals surface area contributed by atoms with Gasteiger partial charge in [0.25, 0.3) is 0 Å². The smallest absolute Gasteiger partial charge is 0.466 e. The highest BCUT2D eigenvalue weighted by Crippen LogP contribution is 2.42. The second kappa shape index (κ2) is 7.78. The number of rotatable bonds is 8. The number of phosphoric acid groups is 1.